The van der Waals surface area contributed by atoms with Crippen molar-refractivity contribution in [2.24, 2.45) is 0 Å². The maximum Gasteiger partial charge on any atom is 0.185 e. The molecule has 0 saturated carbocycles. The largest absolute Gasteiger partial charge is 0.305 e. The van der Waals surface area contributed by atoms with Crippen LogP contribution in [0.1, 0.15) is 31.1 Å². The second-order valence-corrected chi connectivity index (χ2v) is 4.09. The van der Waals surface area contributed by atoms with Gasteiger partial charge in [-0.05, 0) is 32.5 Å². The van der Waals surface area contributed by atoms with Crippen molar-refractivity contribution >= 4 is 5.78 Å². The van der Waals surface area contributed by atoms with E-state index in [1.807, 2.05) is 6.92 Å². The zero-order chi connectivity index (χ0) is 12.3. The average molecular weight is 227 g/mol. The van der Waals surface area contributed by atoms with Gasteiger partial charge in [0, 0.05) is 0 Å². The van der Waals surface area contributed by atoms with Crippen LogP contribution < -0.4 is 5.32 Å². The first-order valence-corrected chi connectivity index (χ1v) is 5.14. The summed E-state index contributed by atoms with van der Waals surface area (Å²) in [5.41, 5.74) is -1.12. The molecule has 0 heterocycles. The maximum absolute atomic E-state index is 13.4. The minimum atomic E-state index is -1.08. The van der Waals surface area contributed by atoms with E-state index in [0.29, 0.717) is 6.54 Å². The molecule has 1 N–H and O–H groups in total. The van der Waals surface area contributed by atoms with E-state index in [-0.39, 0.29) is 5.56 Å². The summed E-state index contributed by atoms with van der Waals surface area (Å²) in [6.45, 7) is 5.71. The van der Waals surface area contributed by atoms with E-state index >= 15 is 0 Å². The number of benzene rings is 1. The smallest absolute Gasteiger partial charge is 0.185 e. The van der Waals surface area contributed by atoms with Crippen LogP contribution in [0.25, 0.3) is 0 Å². The molecule has 1 rings (SSSR count). The Balaban J connectivity index is 3.10. The first-order chi connectivity index (χ1) is 7.40. The number of Topliss-reactive ketones (excluding diaryl/α,β-unsaturated/α-hetero) is 1. The number of rotatable bonds is 4. The first-order valence-electron chi connectivity index (χ1n) is 5.14. The van der Waals surface area contributed by atoms with Crippen LogP contribution in [0.2, 0.25) is 0 Å². The van der Waals surface area contributed by atoms with E-state index in [2.05, 4.69) is 5.32 Å². The summed E-state index contributed by atoms with van der Waals surface area (Å²) < 4.78 is 26.4. The molecule has 0 spiro atoms. The number of carbonyl (C=O) groups is 1. The summed E-state index contributed by atoms with van der Waals surface area (Å²) in [4.78, 5) is 12.0. The van der Waals surface area contributed by atoms with Gasteiger partial charge in [-0.2, -0.15) is 0 Å². The summed E-state index contributed by atoms with van der Waals surface area (Å²) in [5, 5.41) is 2.93. The van der Waals surface area contributed by atoms with Gasteiger partial charge in [0.1, 0.15) is 0 Å². The molecule has 0 radical (unpaired) electrons. The Kier molecular flexibility index (Phi) is 3.75. The standard InChI is InChI=1S/C12H15F2NO/c1-4-15-12(2,3)11(16)8-6-5-7-9(13)10(8)14/h5-7,15H,4H2,1-3H3. The van der Waals surface area contributed by atoms with Gasteiger partial charge in [-0.1, -0.05) is 13.0 Å². The van der Waals surface area contributed by atoms with Crippen molar-refractivity contribution in [3.63, 3.8) is 0 Å². The molecule has 0 aliphatic rings. The molecule has 88 valence electrons. The van der Waals surface area contributed by atoms with Crippen molar-refractivity contribution in [1.29, 1.82) is 0 Å². The van der Waals surface area contributed by atoms with Gasteiger partial charge in [0.05, 0.1) is 11.1 Å². The van der Waals surface area contributed by atoms with E-state index in [1.54, 1.807) is 13.8 Å². The van der Waals surface area contributed by atoms with Crippen molar-refractivity contribution in [1.82, 2.24) is 5.32 Å². The Morgan fingerprint density at radius 2 is 2.00 bits per heavy atom. The fraction of sp³-hybridized carbons (Fsp3) is 0.417. The molecular formula is C12H15F2NO. The van der Waals surface area contributed by atoms with Crippen LogP contribution in [0, 0.1) is 11.6 Å². The monoisotopic (exact) mass is 227 g/mol. The molecule has 4 heteroatoms. The number of ketones is 1. The topological polar surface area (TPSA) is 29.1 Å². The predicted molar refractivity (Wildman–Crippen MR) is 58.4 cm³/mol. The molecule has 1 aromatic rings. The molecule has 0 amide bonds. The molecular weight excluding hydrogens is 212 g/mol. The van der Waals surface area contributed by atoms with Crippen molar-refractivity contribution in [2.75, 3.05) is 6.54 Å². The predicted octanol–water partition coefficient (Wildman–Crippen LogP) is 2.54. The lowest BCUT2D eigenvalue weighted by Gasteiger charge is -2.24. The molecule has 0 unspecified atom stereocenters. The lowest BCUT2D eigenvalue weighted by molar-refractivity contribution is 0.0878. The number of carbonyl (C=O) groups excluding carboxylic acids is 1. The fourth-order valence-corrected chi connectivity index (χ4v) is 1.54. The van der Waals surface area contributed by atoms with Gasteiger partial charge in [0.15, 0.2) is 17.4 Å². The van der Waals surface area contributed by atoms with Crippen LogP contribution in [0.5, 0.6) is 0 Å². The third-order valence-electron chi connectivity index (χ3n) is 2.38. The maximum atomic E-state index is 13.4. The van der Waals surface area contributed by atoms with E-state index in [9.17, 15) is 13.6 Å². The Labute approximate surface area is 93.7 Å². The SMILES string of the molecule is CCNC(C)(C)C(=O)c1cccc(F)c1F. The van der Waals surface area contributed by atoms with E-state index in [1.165, 1.54) is 12.1 Å². The van der Waals surface area contributed by atoms with Crippen molar-refractivity contribution in [2.45, 2.75) is 26.3 Å². The number of likely N-dealkylation sites (N-methyl/N-ethyl adjacent to an activating group) is 1. The number of halogens is 2. The highest BCUT2D eigenvalue weighted by Gasteiger charge is 2.30. The second-order valence-electron chi connectivity index (χ2n) is 4.09. The molecule has 0 atom stereocenters. The number of hydrogen-bond acceptors (Lipinski definition) is 2. The van der Waals surface area contributed by atoms with Gasteiger partial charge in [-0.15, -0.1) is 0 Å². The van der Waals surface area contributed by atoms with Crippen LogP contribution >= 0.6 is 0 Å². The lowest BCUT2D eigenvalue weighted by atomic mass is 9.93. The summed E-state index contributed by atoms with van der Waals surface area (Å²) >= 11 is 0. The Morgan fingerprint density at radius 1 is 1.38 bits per heavy atom. The normalized spacial score (nSPS) is 11.6. The van der Waals surface area contributed by atoms with Crippen LogP contribution in [0.3, 0.4) is 0 Å². The molecule has 0 aliphatic carbocycles. The third-order valence-corrected chi connectivity index (χ3v) is 2.38. The van der Waals surface area contributed by atoms with Crippen LogP contribution in [0.15, 0.2) is 18.2 Å². The molecule has 0 bridgehead atoms. The highest BCUT2D eigenvalue weighted by Crippen LogP contribution is 2.18. The molecule has 1 aromatic carbocycles. The van der Waals surface area contributed by atoms with Crippen molar-refractivity contribution in [3.05, 3.63) is 35.4 Å². The highest BCUT2D eigenvalue weighted by atomic mass is 19.2. The number of hydrogen-bond donors (Lipinski definition) is 1. The summed E-state index contributed by atoms with van der Waals surface area (Å²) in [6, 6.07) is 3.61. The van der Waals surface area contributed by atoms with Crippen LogP contribution in [-0.4, -0.2) is 17.9 Å². The Hall–Kier alpha value is -1.29. The molecule has 0 aromatic heterocycles. The average Bonchev–Trinajstić information content (AvgIpc) is 2.21. The zero-order valence-electron chi connectivity index (χ0n) is 9.60. The highest BCUT2D eigenvalue weighted by molar-refractivity contribution is 6.02. The van der Waals surface area contributed by atoms with Gasteiger partial charge < -0.3 is 5.32 Å². The molecule has 0 saturated heterocycles. The Morgan fingerprint density at radius 3 is 2.56 bits per heavy atom. The Bertz CT molecular complexity index is 402. The third kappa shape index (κ3) is 2.44. The van der Waals surface area contributed by atoms with E-state index in [0.717, 1.165) is 6.07 Å². The zero-order valence-corrected chi connectivity index (χ0v) is 9.60. The summed E-state index contributed by atoms with van der Waals surface area (Å²) in [5.74, 6) is -2.54. The molecule has 0 fully saturated rings. The quantitative estimate of drug-likeness (QED) is 0.801. The minimum absolute atomic E-state index is 0.217. The lowest BCUT2D eigenvalue weighted by Crippen LogP contribution is -2.46. The first kappa shape index (κ1) is 12.8. The van der Waals surface area contributed by atoms with Gasteiger partial charge in [0.25, 0.3) is 0 Å². The molecule has 2 nitrogen and oxygen atoms in total. The van der Waals surface area contributed by atoms with E-state index in [4.69, 9.17) is 0 Å². The van der Waals surface area contributed by atoms with Gasteiger partial charge >= 0.3 is 0 Å². The fourth-order valence-electron chi connectivity index (χ4n) is 1.54. The number of nitrogens with one attached hydrogen (secondary N) is 1. The van der Waals surface area contributed by atoms with Crippen molar-refractivity contribution < 1.29 is 13.6 Å². The molecule has 0 aliphatic heterocycles. The summed E-state index contributed by atoms with van der Waals surface area (Å²) in [6.07, 6.45) is 0. The minimum Gasteiger partial charge on any atom is -0.305 e. The van der Waals surface area contributed by atoms with Crippen molar-refractivity contribution in [3.8, 4) is 0 Å². The van der Waals surface area contributed by atoms with Crippen LogP contribution in [0.4, 0.5) is 8.78 Å². The molecule has 16 heavy (non-hydrogen) atoms. The summed E-state index contributed by atoms with van der Waals surface area (Å²) in [7, 11) is 0. The van der Waals surface area contributed by atoms with Gasteiger partial charge in [0.2, 0.25) is 0 Å². The second kappa shape index (κ2) is 4.70. The van der Waals surface area contributed by atoms with E-state index < -0.39 is 23.0 Å². The van der Waals surface area contributed by atoms with Crippen LogP contribution in [-0.2, 0) is 0 Å². The van der Waals surface area contributed by atoms with Gasteiger partial charge in [-0.3, -0.25) is 4.79 Å². The van der Waals surface area contributed by atoms with Gasteiger partial charge in [-0.25, -0.2) is 8.78 Å².